The molecule has 0 spiro atoms. The molecule has 248 valence electrons. The monoisotopic (exact) mass is 643 g/mol. The van der Waals surface area contributed by atoms with Crippen molar-refractivity contribution in [2.24, 2.45) is 33.5 Å². The molecule has 1 N–H and O–H groups in total. The van der Waals surface area contributed by atoms with E-state index in [1.54, 1.807) is 0 Å². The van der Waals surface area contributed by atoms with Crippen LogP contribution in [0.5, 0.6) is 0 Å². The lowest BCUT2D eigenvalue weighted by molar-refractivity contribution is -0.174. The zero-order valence-corrected chi connectivity index (χ0v) is 31.1. The minimum atomic E-state index is -4.87. The number of halogens is 3. The SMILES string of the molecule is CC(C)(C)[Si](C)(C)OC[C@H]1CC(O[Si](C)(C)C(C)(C)C)CC[C@]1(C)[C@@]12CC[C@]3(C)C=CC[C@H]3[C@@]1(CNC(=O)C(F)(F)F)C2. The predicted octanol–water partition coefficient (Wildman–Crippen LogP) is 9.64. The molecule has 4 aliphatic carbocycles. The van der Waals surface area contributed by atoms with Gasteiger partial charge in [-0.05, 0) is 115 Å². The summed E-state index contributed by atoms with van der Waals surface area (Å²) in [6.45, 7) is 28.4. The molecule has 0 aromatic heterocycles. The van der Waals surface area contributed by atoms with Gasteiger partial charge in [0.2, 0.25) is 0 Å². The molecule has 43 heavy (non-hydrogen) atoms. The summed E-state index contributed by atoms with van der Waals surface area (Å²) in [5.41, 5.74) is -0.620. The van der Waals surface area contributed by atoms with Crippen LogP contribution < -0.4 is 5.32 Å². The average Bonchev–Trinajstić information content (AvgIpc) is 3.37. The number of amides is 1. The van der Waals surface area contributed by atoms with Crippen molar-refractivity contribution in [3.63, 3.8) is 0 Å². The number of alkyl halides is 3. The Morgan fingerprint density at radius 1 is 0.953 bits per heavy atom. The smallest absolute Gasteiger partial charge is 0.417 e. The topological polar surface area (TPSA) is 47.6 Å². The second-order valence-corrected chi connectivity index (χ2v) is 27.8. The van der Waals surface area contributed by atoms with Gasteiger partial charge in [0.15, 0.2) is 16.6 Å². The quantitative estimate of drug-likeness (QED) is 0.212. The fourth-order valence-corrected chi connectivity index (χ4v) is 11.4. The van der Waals surface area contributed by atoms with Gasteiger partial charge in [0.05, 0.1) is 0 Å². The van der Waals surface area contributed by atoms with Crippen LogP contribution in [0.25, 0.3) is 0 Å². The van der Waals surface area contributed by atoms with Gasteiger partial charge in [0.1, 0.15) is 0 Å². The van der Waals surface area contributed by atoms with Gasteiger partial charge in [-0.2, -0.15) is 13.2 Å². The summed E-state index contributed by atoms with van der Waals surface area (Å²) in [6.07, 6.45) is 6.46. The van der Waals surface area contributed by atoms with Crippen molar-refractivity contribution in [3.8, 4) is 0 Å². The molecule has 0 aromatic carbocycles. The van der Waals surface area contributed by atoms with Crippen LogP contribution in [-0.4, -0.2) is 48.0 Å². The van der Waals surface area contributed by atoms with Crippen molar-refractivity contribution >= 4 is 22.5 Å². The van der Waals surface area contributed by atoms with Crippen LogP contribution in [0.1, 0.15) is 100 Å². The third-order valence-corrected chi connectivity index (χ3v) is 23.0. The van der Waals surface area contributed by atoms with Crippen molar-refractivity contribution in [3.05, 3.63) is 12.2 Å². The van der Waals surface area contributed by atoms with Crippen LogP contribution in [0.3, 0.4) is 0 Å². The Labute approximate surface area is 262 Å². The summed E-state index contributed by atoms with van der Waals surface area (Å²) >= 11 is 0. The van der Waals surface area contributed by atoms with Crippen LogP contribution in [-0.2, 0) is 13.6 Å². The van der Waals surface area contributed by atoms with E-state index in [2.05, 4.69) is 99.0 Å². The molecular weight excluding hydrogens is 584 g/mol. The highest BCUT2D eigenvalue weighted by Gasteiger charge is 2.80. The Kier molecular flexibility index (Phi) is 8.76. The van der Waals surface area contributed by atoms with E-state index >= 15 is 0 Å². The molecule has 0 radical (unpaired) electrons. The first-order chi connectivity index (χ1) is 19.3. The molecule has 1 amide bonds. The molecule has 1 unspecified atom stereocenters. The Morgan fingerprint density at radius 3 is 2.12 bits per heavy atom. The third kappa shape index (κ3) is 5.88. The molecule has 9 heteroatoms. The lowest BCUT2D eigenvalue weighted by Gasteiger charge is -2.57. The van der Waals surface area contributed by atoms with E-state index < -0.39 is 28.7 Å². The molecule has 0 bridgehead atoms. The maximum Gasteiger partial charge on any atom is 0.471 e. The number of fused-ring (bicyclic) bond motifs is 3. The van der Waals surface area contributed by atoms with Gasteiger partial charge >= 0.3 is 12.1 Å². The molecule has 7 atom stereocenters. The first-order valence-corrected chi connectivity index (χ1v) is 22.4. The van der Waals surface area contributed by atoms with E-state index in [1.807, 2.05) is 0 Å². The Balaban J connectivity index is 1.70. The van der Waals surface area contributed by atoms with Gasteiger partial charge in [-0.25, -0.2) is 0 Å². The predicted molar refractivity (Wildman–Crippen MR) is 174 cm³/mol. The van der Waals surface area contributed by atoms with Crippen molar-refractivity contribution in [1.29, 1.82) is 0 Å². The van der Waals surface area contributed by atoms with E-state index in [4.69, 9.17) is 8.85 Å². The van der Waals surface area contributed by atoms with Crippen LogP contribution in [0.2, 0.25) is 36.3 Å². The largest absolute Gasteiger partial charge is 0.471 e. The summed E-state index contributed by atoms with van der Waals surface area (Å²) in [5.74, 6) is -1.33. The van der Waals surface area contributed by atoms with E-state index in [1.165, 1.54) is 0 Å². The first kappa shape index (κ1) is 35.2. The van der Waals surface area contributed by atoms with Crippen LogP contribution in [0.15, 0.2) is 12.2 Å². The third-order valence-electron chi connectivity index (χ3n) is 13.9. The normalized spacial score (nSPS) is 38.4. The van der Waals surface area contributed by atoms with Gasteiger partial charge in [0, 0.05) is 19.3 Å². The molecule has 4 nitrogen and oxygen atoms in total. The van der Waals surface area contributed by atoms with Crippen molar-refractivity contribution in [1.82, 2.24) is 5.32 Å². The van der Waals surface area contributed by atoms with Gasteiger partial charge in [0.25, 0.3) is 0 Å². The van der Waals surface area contributed by atoms with Crippen molar-refractivity contribution in [2.75, 3.05) is 13.2 Å². The standard InChI is InChI=1S/C34H60F3NO3Si2/c1-28(2,3)42(9,10)40-21-24-20-25(41-43(11,12)29(4,5)6)15-17-31(24,8)33-19-18-30(7)16-13-14-26(30)32(33,22-33)23-38-27(39)34(35,36)37/h13,16,24-26H,14-15,17-23H2,1-12H3,(H,38,39)/t24-,25?,26-,30+,31+,32+,33+/m1/s1. The first-order valence-electron chi connectivity index (χ1n) is 16.6. The highest BCUT2D eigenvalue weighted by Crippen LogP contribution is 2.85. The van der Waals surface area contributed by atoms with Crippen molar-refractivity contribution in [2.45, 2.75) is 149 Å². The average molecular weight is 644 g/mol. The number of rotatable bonds is 8. The minimum Gasteiger partial charge on any atom is -0.417 e. The number of nitrogens with one attached hydrogen (secondary N) is 1. The zero-order chi connectivity index (χ0) is 32.7. The lowest BCUT2D eigenvalue weighted by Crippen LogP contribution is -2.56. The molecule has 4 aliphatic rings. The molecule has 3 fully saturated rings. The van der Waals surface area contributed by atoms with Gasteiger partial charge in [-0.15, -0.1) is 0 Å². The summed E-state index contributed by atoms with van der Waals surface area (Å²) in [6, 6.07) is 0. The van der Waals surface area contributed by atoms with Crippen LogP contribution in [0, 0.1) is 33.5 Å². The highest BCUT2D eigenvalue weighted by atomic mass is 28.4. The summed E-state index contributed by atoms with van der Waals surface area (Å²) in [5, 5.41) is 2.60. The molecule has 0 aromatic rings. The second-order valence-electron chi connectivity index (χ2n) is 18.3. The van der Waals surface area contributed by atoms with E-state index in [0.717, 1.165) is 44.9 Å². The number of hydrogen-bond donors (Lipinski definition) is 1. The van der Waals surface area contributed by atoms with Crippen LogP contribution >= 0.6 is 0 Å². The summed E-state index contributed by atoms with van der Waals surface area (Å²) in [4.78, 5) is 12.1. The van der Waals surface area contributed by atoms with E-state index in [0.29, 0.717) is 6.61 Å². The lowest BCUT2D eigenvalue weighted by atomic mass is 9.49. The van der Waals surface area contributed by atoms with Gasteiger partial charge in [-0.1, -0.05) is 67.5 Å². The fraction of sp³-hybridized carbons (Fsp3) is 0.912. The zero-order valence-electron chi connectivity index (χ0n) is 29.1. The van der Waals surface area contributed by atoms with Gasteiger partial charge < -0.3 is 14.2 Å². The highest BCUT2D eigenvalue weighted by molar-refractivity contribution is 6.74. The molecule has 0 saturated heterocycles. The van der Waals surface area contributed by atoms with E-state index in [-0.39, 0.29) is 56.2 Å². The minimum absolute atomic E-state index is 0.0326. The molecule has 4 rings (SSSR count). The Hall–Kier alpha value is -0.646. The number of allylic oxidation sites excluding steroid dienone is 2. The molecular formula is C34H60F3NO3Si2. The summed E-state index contributed by atoms with van der Waals surface area (Å²) in [7, 11) is -4.02. The molecule has 3 saturated carbocycles. The number of carbonyl (C=O) groups is 1. The number of carbonyl (C=O) groups excluding carboxylic acids is 1. The summed E-state index contributed by atoms with van der Waals surface area (Å²) < 4.78 is 54.2. The Morgan fingerprint density at radius 2 is 1.56 bits per heavy atom. The van der Waals surface area contributed by atoms with Crippen LogP contribution in [0.4, 0.5) is 13.2 Å². The van der Waals surface area contributed by atoms with Gasteiger partial charge in [-0.3, -0.25) is 4.79 Å². The Bertz CT molecular complexity index is 1110. The van der Waals surface area contributed by atoms with Crippen molar-refractivity contribution < 1.29 is 26.8 Å². The second kappa shape index (κ2) is 10.7. The molecule has 0 aliphatic heterocycles. The molecule has 0 heterocycles. The number of hydrogen-bond acceptors (Lipinski definition) is 3. The fourth-order valence-electron chi connectivity index (χ4n) is 8.96. The van der Waals surface area contributed by atoms with E-state index in [9.17, 15) is 18.0 Å². The maximum absolute atomic E-state index is 13.4. The maximum atomic E-state index is 13.4.